The van der Waals surface area contributed by atoms with Gasteiger partial charge in [0.25, 0.3) is 0 Å². The summed E-state index contributed by atoms with van der Waals surface area (Å²) in [5.74, 6) is 0. The maximum absolute atomic E-state index is 6.05. The second-order valence-electron chi connectivity index (χ2n) is 3.90. The SMILES string of the molecule is C.C.C.C.C.C.CO[Si](C)(C)O[Si](C)(C)CSC. The van der Waals surface area contributed by atoms with E-state index in [1.54, 1.807) is 7.11 Å². The summed E-state index contributed by atoms with van der Waals surface area (Å²) in [5.41, 5.74) is 0. The largest absolute Gasteiger partial charge is 0.435 e. The van der Waals surface area contributed by atoms with Gasteiger partial charge < -0.3 is 8.54 Å². The molecule has 5 heteroatoms. The predicted octanol–water partition coefficient (Wildman–Crippen LogP) is 6.28. The van der Waals surface area contributed by atoms with E-state index in [9.17, 15) is 0 Å². The Morgan fingerprint density at radius 1 is 0.833 bits per heavy atom. The predicted molar refractivity (Wildman–Crippen MR) is 102 cm³/mol. The first-order chi connectivity index (χ1) is 5.33. The van der Waals surface area contributed by atoms with Crippen molar-refractivity contribution in [3.8, 4) is 0 Å². The molecule has 0 rings (SSSR count). The van der Waals surface area contributed by atoms with Crippen molar-refractivity contribution in [2.45, 2.75) is 70.7 Å². The Hall–Kier alpha value is 0.704. The average Bonchev–Trinajstić information content (AvgIpc) is 1.85. The van der Waals surface area contributed by atoms with E-state index in [2.05, 4.69) is 32.4 Å². The van der Waals surface area contributed by atoms with Crippen LogP contribution in [0.3, 0.4) is 0 Å². The molecule has 0 unspecified atom stereocenters. The maximum Gasteiger partial charge on any atom is 0.321 e. The molecule has 122 valence electrons. The van der Waals surface area contributed by atoms with Gasteiger partial charge in [0.15, 0.2) is 8.32 Å². The molecule has 2 nitrogen and oxygen atoms in total. The van der Waals surface area contributed by atoms with Gasteiger partial charge in [0.05, 0.1) is 0 Å². The number of thioether (sulfide) groups is 1. The molecule has 0 spiro atoms. The van der Waals surface area contributed by atoms with Crippen molar-refractivity contribution in [3.63, 3.8) is 0 Å². The van der Waals surface area contributed by atoms with E-state index in [0.29, 0.717) is 0 Å². The summed E-state index contributed by atoms with van der Waals surface area (Å²) in [4.78, 5) is 0. The maximum atomic E-state index is 6.05. The zero-order chi connectivity index (χ0) is 9.83. The van der Waals surface area contributed by atoms with Crippen molar-refractivity contribution >= 4 is 28.6 Å². The average molecular weight is 321 g/mol. The third-order valence-electron chi connectivity index (χ3n) is 1.51. The molecule has 0 saturated carbocycles. The lowest BCUT2D eigenvalue weighted by molar-refractivity contribution is 0.311. The first-order valence-corrected chi connectivity index (χ1v) is 11.4. The van der Waals surface area contributed by atoms with Crippen LogP contribution >= 0.6 is 11.8 Å². The fourth-order valence-electron chi connectivity index (χ4n) is 1.08. The Kier molecular flexibility index (Phi) is 42.1. The molecule has 0 aromatic rings. The highest BCUT2D eigenvalue weighted by Gasteiger charge is 2.33. The number of rotatable bonds is 5. The second-order valence-corrected chi connectivity index (χ2v) is 13.2. The molecule has 0 fully saturated rings. The Balaban J connectivity index is -0.0000000403. The van der Waals surface area contributed by atoms with E-state index in [-0.39, 0.29) is 44.6 Å². The summed E-state index contributed by atoms with van der Waals surface area (Å²) in [5, 5.41) is 1.15. The van der Waals surface area contributed by atoms with E-state index in [1.165, 1.54) is 0 Å². The molecule has 0 aromatic heterocycles. The lowest BCUT2D eigenvalue weighted by Gasteiger charge is -2.31. The molecule has 0 aliphatic heterocycles. The van der Waals surface area contributed by atoms with E-state index in [1.807, 2.05) is 11.8 Å². The molecule has 0 aliphatic rings. The fraction of sp³-hybridized carbons (Fsp3) is 1.00. The van der Waals surface area contributed by atoms with Crippen LogP contribution in [0.15, 0.2) is 0 Å². The Labute approximate surface area is 127 Å². The quantitative estimate of drug-likeness (QED) is 0.556. The lowest BCUT2D eigenvalue weighted by atomic mass is 11.8. The summed E-state index contributed by atoms with van der Waals surface area (Å²) >= 11 is 1.86. The van der Waals surface area contributed by atoms with Crippen LogP contribution in [0, 0.1) is 0 Å². The zero-order valence-electron chi connectivity index (χ0n) is 8.93. The van der Waals surface area contributed by atoms with Gasteiger partial charge in [-0.2, -0.15) is 11.8 Å². The minimum Gasteiger partial charge on any atom is -0.435 e. The molecule has 0 aromatic carbocycles. The molecule has 0 saturated heterocycles. The van der Waals surface area contributed by atoms with E-state index >= 15 is 0 Å². The summed E-state index contributed by atoms with van der Waals surface area (Å²) < 4.78 is 11.4. The van der Waals surface area contributed by atoms with E-state index in [4.69, 9.17) is 8.54 Å². The Morgan fingerprint density at radius 2 is 1.17 bits per heavy atom. The van der Waals surface area contributed by atoms with Gasteiger partial charge in [-0.25, -0.2) is 0 Å². The van der Waals surface area contributed by atoms with Gasteiger partial charge >= 0.3 is 8.56 Å². The molecule has 0 N–H and O–H groups in total. The highest BCUT2D eigenvalue weighted by molar-refractivity contribution is 8.00. The minimum atomic E-state index is -1.80. The monoisotopic (exact) mass is 320 g/mol. The van der Waals surface area contributed by atoms with Crippen molar-refractivity contribution in [3.05, 3.63) is 0 Å². The molecule has 0 atom stereocenters. The van der Waals surface area contributed by atoms with Gasteiger partial charge in [-0.3, -0.25) is 0 Å². The lowest BCUT2D eigenvalue weighted by Crippen LogP contribution is -2.47. The summed E-state index contributed by atoms with van der Waals surface area (Å²) in [7, 11) is -1.52. The van der Waals surface area contributed by atoms with Crippen LogP contribution in [0.25, 0.3) is 0 Å². The van der Waals surface area contributed by atoms with Gasteiger partial charge in [-0.05, 0) is 32.4 Å². The van der Waals surface area contributed by atoms with Crippen LogP contribution in [-0.4, -0.2) is 35.6 Å². The third-order valence-corrected chi connectivity index (χ3v) is 10.6. The summed E-state index contributed by atoms with van der Waals surface area (Å²) in [6.07, 6.45) is 2.12. The first kappa shape index (κ1) is 42.8. The van der Waals surface area contributed by atoms with Crippen molar-refractivity contribution < 1.29 is 8.54 Å². The van der Waals surface area contributed by atoms with Gasteiger partial charge in [0, 0.05) is 12.5 Å². The first-order valence-electron chi connectivity index (χ1n) is 4.07. The Morgan fingerprint density at radius 3 is 1.39 bits per heavy atom. The van der Waals surface area contributed by atoms with Crippen LogP contribution in [0.4, 0.5) is 0 Å². The third kappa shape index (κ3) is 21.9. The Bertz CT molecular complexity index is 143. The van der Waals surface area contributed by atoms with Gasteiger partial charge in [-0.1, -0.05) is 44.6 Å². The second kappa shape index (κ2) is 17.7. The number of hydrogen-bond acceptors (Lipinski definition) is 3. The fourth-order valence-corrected chi connectivity index (χ4v) is 10.3. The molecule has 0 heterocycles. The van der Waals surface area contributed by atoms with E-state index < -0.39 is 16.9 Å². The van der Waals surface area contributed by atoms with Gasteiger partial charge in [-0.15, -0.1) is 0 Å². The zero-order valence-corrected chi connectivity index (χ0v) is 11.7. The van der Waals surface area contributed by atoms with Crippen molar-refractivity contribution in [1.29, 1.82) is 0 Å². The van der Waals surface area contributed by atoms with Crippen LogP contribution in [0.5, 0.6) is 0 Å². The standard InChI is InChI=1S/C7H20O2SSi2.6CH4/c1-8-12(5,6)9-11(3,4)7-10-2;;;;;;/h7H2,1-6H3;6*1H4. The molecule has 18 heavy (non-hydrogen) atoms. The van der Waals surface area contributed by atoms with E-state index in [0.717, 1.165) is 5.38 Å². The topological polar surface area (TPSA) is 18.5 Å². The molecule has 0 aliphatic carbocycles. The molecular weight excluding hydrogens is 276 g/mol. The normalized spacial score (nSPS) is 9.00. The van der Waals surface area contributed by atoms with Gasteiger partial charge in [0.2, 0.25) is 0 Å². The molecular formula is C13H44O2SSi2. The van der Waals surface area contributed by atoms with Crippen molar-refractivity contribution in [2.24, 2.45) is 0 Å². The van der Waals surface area contributed by atoms with Crippen molar-refractivity contribution in [2.75, 3.05) is 18.7 Å². The van der Waals surface area contributed by atoms with Crippen LogP contribution in [-0.2, 0) is 8.54 Å². The highest BCUT2D eigenvalue weighted by Crippen LogP contribution is 2.17. The molecule has 0 radical (unpaired) electrons. The summed E-state index contributed by atoms with van der Waals surface area (Å²) in [6.45, 7) is 8.69. The van der Waals surface area contributed by atoms with Gasteiger partial charge in [0.1, 0.15) is 0 Å². The smallest absolute Gasteiger partial charge is 0.321 e. The number of hydrogen-bond donors (Lipinski definition) is 0. The highest BCUT2D eigenvalue weighted by atomic mass is 32.2. The minimum absolute atomic E-state index is 0. The molecule has 0 amide bonds. The summed E-state index contributed by atoms with van der Waals surface area (Å²) in [6, 6.07) is 0. The van der Waals surface area contributed by atoms with Crippen LogP contribution < -0.4 is 0 Å². The van der Waals surface area contributed by atoms with Crippen molar-refractivity contribution in [1.82, 2.24) is 0 Å². The van der Waals surface area contributed by atoms with Crippen LogP contribution in [0.1, 0.15) is 44.6 Å². The van der Waals surface area contributed by atoms with Crippen LogP contribution in [0.2, 0.25) is 26.2 Å². The molecule has 0 bridgehead atoms.